The molecule has 22 heavy (non-hydrogen) atoms. The number of nitrogens with one attached hydrogen (secondary N) is 2. The number of hydrogen-bond donors (Lipinski definition) is 2. The van der Waals surface area contributed by atoms with Gasteiger partial charge in [-0.2, -0.15) is 0 Å². The van der Waals surface area contributed by atoms with E-state index < -0.39 is 0 Å². The molecule has 0 aliphatic carbocycles. The van der Waals surface area contributed by atoms with Gasteiger partial charge in [0.1, 0.15) is 0 Å². The molecule has 128 valence electrons. The fraction of sp³-hybridized carbons (Fsp3) is 0.765. The molecule has 0 unspecified atom stereocenters. The largest absolute Gasteiger partial charge is 0.339 e. The van der Waals surface area contributed by atoms with Crippen molar-refractivity contribution in [2.24, 2.45) is 0 Å². The number of nitrogens with zero attached hydrogens (tertiary/aromatic N) is 3. The number of rotatable bonds is 1. The predicted octanol–water partition coefficient (Wildman–Crippen LogP) is 2.61. The van der Waals surface area contributed by atoms with E-state index in [9.17, 15) is 0 Å². The van der Waals surface area contributed by atoms with Crippen LogP contribution in [0, 0.1) is 0 Å². The number of hydrogen-bond acceptors (Lipinski definition) is 5. The Morgan fingerprint density at radius 1 is 1.00 bits per heavy atom. The Kier molecular flexibility index (Phi) is 11.7. The van der Waals surface area contributed by atoms with Gasteiger partial charge >= 0.3 is 0 Å². The van der Waals surface area contributed by atoms with Gasteiger partial charge in [-0.1, -0.05) is 35.1 Å². The minimum Gasteiger partial charge on any atom is -0.339 e. The second kappa shape index (κ2) is 12.4. The van der Waals surface area contributed by atoms with Crippen LogP contribution < -0.4 is 15.5 Å². The van der Waals surface area contributed by atoms with Crippen molar-refractivity contribution in [1.82, 2.24) is 20.6 Å². The molecule has 1 saturated heterocycles. The van der Waals surface area contributed by atoms with E-state index in [1.165, 1.54) is 17.7 Å². The lowest BCUT2D eigenvalue weighted by Gasteiger charge is -2.22. The first-order valence-corrected chi connectivity index (χ1v) is 8.45. The Morgan fingerprint density at radius 3 is 2.55 bits per heavy atom. The minimum absolute atomic E-state index is 0. The quantitative estimate of drug-likeness (QED) is 0.835. The topological polar surface area (TPSA) is 53.1 Å². The van der Waals surface area contributed by atoms with E-state index in [1.54, 1.807) is 0 Å². The van der Waals surface area contributed by atoms with E-state index in [0.29, 0.717) is 0 Å². The van der Waals surface area contributed by atoms with Gasteiger partial charge in [-0.05, 0) is 13.0 Å². The standard InChI is InChI=1S/C12H19N5.2C2H6.CH4/c1-3-13-5-7-17(6-1)12-15-9-10-8-14-4-2-11(10)16-12;2*1-2;/h9,13-14H,1-8H2;2*1-2H3;1H4. The summed E-state index contributed by atoms with van der Waals surface area (Å²) in [6, 6.07) is 0. The summed E-state index contributed by atoms with van der Waals surface area (Å²) in [5, 5.41) is 6.75. The summed E-state index contributed by atoms with van der Waals surface area (Å²) in [4.78, 5) is 11.5. The highest BCUT2D eigenvalue weighted by molar-refractivity contribution is 5.34. The lowest BCUT2D eigenvalue weighted by molar-refractivity contribution is 0.622. The zero-order valence-corrected chi connectivity index (χ0v) is 14.1. The first kappa shape index (κ1) is 20.8. The lowest BCUT2D eigenvalue weighted by atomic mass is 10.1. The zero-order chi connectivity index (χ0) is 15.5. The minimum atomic E-state index is 0. The van der Waals surface area contributed by atoms with Crippen LogP contribution >= 0.6 is 0 Å². The average Bonchev–Trinajstić information content (AvgIpc) is 2.87. The average molecular weight is 310 g/mol. The van der Waals surface area contributed by atoms with Crippen LogP contribution in [0.4, 0.5) is 5.95 Å². The molecule has 1 aromatic rings. The van der Waals surface area contributed by atoms with Crippen molar-refractivity contribution >= 4 is 5.95 Å². The van der Waals surface area contributed by atoms with Crippen molar-refractivity contribution in [3.63, 3.8) is 0 Å². The summed E-state index contributed by atoms with van der Waals surface area (Å²) in [6.07, 6.45) is 4.18. The van der Waals surface area contributed by atoms with Crippen LogP contribution in [0.25, 0.3) is 0 Å². The van der Waals surface area contributed by atoms with E-state index in [-0.39, 0.29) is 7.43 Å². The molecule has 0 amide bonds. The Morgan fingerprint density at radius 2 is 1.77 bits per heavy atom. The maximum absolute atomic E-state index is 4.73. The molecule has 1 fully saturated rings. The number of anilines is 1. The van der Waals surface area contributed by atoms with Gasteiger partial charge in [-0.25, -0.2) is 9.97 Å². The molecule has 1 aromatic heterocycles. The summed E-state index contributed by atoms with van der Waals surface area (Å²) in [5.74, 6) is 0.911. The van der Waals surface area contributed by atoms with Crippen LogP contribution in [-0.2, 0) is 13.0 Å². The third-order valence-electron chi connectivity index (χ3n) is 3.42. The van der Waals surface area contributed by atoms with Crippen LogP contribution in [0.2, 0.25) is 0 Å². The molecular weight excluding hydrogens is 274 g/mol. The van der Waals surface area contributed by atoms with Gasteiger partial charge in [0.2, 0.25) is 5.95 Å². The normalized spacial score (nSPS) is 16.6. The van der Waals surface area contributed by atoms with Crippen molar-refractivity contribution < 1.29 is 0 Å². The van der Waals surface area contributed by atoms with Crippen LogP contribution in [0.15, 0.2) is 6.20 Å². The molecule has 0 atom stereocenters. The van der Waals surface area contributed by atoms with Crippen molar-refractivity contribution in [2.75, 3.05) is 37.6 Å². The molecule has 0 aromatic carbocycles. The first-order chi connectivity index (χ1) is 10.4. The van der Waals surface area contributed by atoms with Gasteiger partial charge in [-0.15, -0.1) is 0 Å². The Balaban J connectivity index is 0.000000819. The summed E-state index contributed by atoms with van der Waals surface area (Å²) in [6.45, 7) is 14.1. The van der Waals surface area contributed by atoms with E-state index in [0.717, 1.165) is 51.6 Å². The van der Waals surface area contributed by atoms with Crippen LogP contribution in [0.5, 0.6) is 0 Å². The molecule has 2 aliphatic rings. The first-order valence-electron chi connectivity index (χ1n) is 8.45. The van der Waals surface area contributed by atoms with Crippen molar-refractivity contribution in [3.05, 3.63) is 17.5 Å². The molecule has 0 radical (unpaired) electrons. The van der Waals surface area contributed by atoms with E-state index in [1.807, 2.05) is 33.9 Å². The zero-order valence-electron chi connectivity index (χ0n) is 14.1. The molecule has 3 heterocycles. The maximum atomic E-state index is 4.73. The Labute approximate surface area is 136 Å². The molecule has 5 heteroatoms. The fourth-order valence-electron chi connectivity index (χ4n) is 2.42. The Bertz CT molecular complexity index is 387. The predicted molar refractivity (Wildman–Crippen MR) is 96.6 cm³/mol. The van der Waals surface area contributed by atoms with Crippen molar-refractivity contribution in [3.8, 4) is 0 Å². The van der Waals surface area contributed by atoms with E-state index >= 15 is 0 Å². The highest BCUT2D eigenvalue weighted by Crippen LogP contribution is 2.15. The maximum Gasteiger partial charge on any atom is 0.225 e. The molecule has 2 N–H and O–H groups in total. The second-order valence-corrected chi connectivity index (χ2v) is 4.66. The van der Waals surface area contributed by atoms with E-state index in [4.69, 9.17) is 4.98 Å². The van der Waals surface area contributed by atoms with Gasteiger partial charge in [-0.3, -0.25) is 0 Å². The highest BCUT2D eigenvalue weighted by atomic mass is 15.3. The number of fused-ring (bicyclic) bond motifs is 1. The second-order valence-electron chi connectivity index (χ2n) is 4.66. The van der Waals surface area contributed by atoms with Crippen LogP contribution in [0.3, 0.4) is 0 Å². The molecule has 0 saturated carbocycles. The highest BCUT2D eigenvalue weighted by Gasteiger charge is 2.16. The van der Waals surface area contributed by atoms with Gasteiger partial charge in [0.05, 0.1) is 5.69 Å². The molecular formula is C17H35N5. The van der Waals surface area contributed by atoms with Gasteiger partial charge < -0.3 is 15.5 Å². The molecule has 5 nitrogen and oxygen atoms in total. The molecule has 0 bridgehead atoms. The van der Waals surface area contributed by atoms with Crippen LogP contribution in [-0.4, -0.2) is 42.7 Å². The van der Waals surface area contributed by atoms with Gasteiger partial charge in [0.15, 0.2) is 0 Å². The fourth-order valence-corrected chi connectivity index (χ4v) is 2.42. The van der Waals surface area contributed by atoms with Crippen LogP contribution in [0.1, 0.15) is 52.8 Å². The van der Waals surface area contributed by atoms with Gasteiger partial charge in [0, 0.05) is 50.9 Å². The van der Waals surface area contributed by atoms with Gasteiger partial charge in [0.25, 0.3) is 0 Å². The molecule has 0 spiro atoms. The SMILES string of the molecule is C.CC.CC.c1nc(N2CCCNCC2)nc2c1CNCC2. The molecule has 2 aliphatic heterocycles. The number of aromatic nitrogens is 2. The van der Waals surface area contributed by atoms with Crippen molar-refractivity contribution in [2.45, 2.75) is 54.5 Å². The summed E-state index contributed by atoms with van der Waals surface area (Å²) in [7, 11) is 0. The Hall–Kier alpha value is -1.20. The summed E-state index contributed by atoms with van der Waals surface area (Å²) >= 11 is 0. The smallest absolute Gasteiger partial charge is 0.225 e. The lowest BCUT2D eigenvalue weighted by Crippen LogP contribution is -2.31. The summed E-state index contributed by atoms with van der Waals surface area (Å²) < 4.78 is 0. The monoisotopic (exact) mass is 309 g/mol. The summed E-state index contributed by atoms with van der Waals surface area (Å²) in [5.41, 5.74) is 2.49. The third-order valence-corrected chi connectivity index (χ3v) is 3.42. The molecule has 3 rings (SSSR count). The van der Waals surface area contributed by atoms with Crippen molar-refractivity contribution in [1.29, 1.82) is 0 Å². The third kappa shape index (κ3) is 5.89. The van der Waals surface area contributed by atoms with E-state index in [2.05, 4.69) is 20.5 Å².